The Morgan fingerprint density at radius 3 is 2.14 bits per heavy atom. The average Bonchev–Trinajstić information content (AvgIpc) is 2.47. The Hall–Kier alpha value is -1.95. The molecule has 0 amide bonds. The summed E-state index contributed by atoms with van der Waals surface area (Å²) in [5.74, 6) is 6.12. The zero-order valence-corrected chi connectivity index (χ0v) is 13.0. The predicted octanol–water partition coefficient (Wildman–Crippen LogP) is 4.49. The number of aliphatic hydroxyl groups is 1. The molecule has 0 saturated heterocycles. The van der Waals surface area contributed by atoms with Gasteiger partial charge >= 0.3 is 0 Å². The van der Waals surface area contributed by atoms with Gasteiger partial charge in [0.25, 0.3) is 0 Å². The normalized spacial score (nSPS) is 11.7. The van der Waals surface area contributed by atoms with Crippen LogP contribution in [0.3, 0.4) is 0 Å². The number of hydrogen-bond donors (Lipinski definition) is 1. The molecule has 0 radical (unpaired) electrons. The first-order chi connectivity index (χ1) is 10.1. The molecule has 0 aliphatic carbocycles. The van der Waals surface area contributed by atoms with Crippen molar-refractivity contribution in [2.75, 3.05) is 0 Å². The van der Waals surface area contributed by atoms with Gasteiger partial charge in [0, 0.05) is 21.4 Å². The van der Waals surface area contributed by atoms with Gasteiger partial charge in [-0.15, -0.1) is 0 Å². The van der Waals surface area contributed by atoms with Crippen LogP contribution in [-0.4, -0.2) is 10.7 Å². The fourth-order valence-corrected chi connectivity index (χ4v) is 2.57. The number of thioether (sulfide) groups is 1. The molecule has 1 nitrogen and oxygen atoms in total. The monoisotopic (exact) mass is 294 g/mol. The Morgan fingerprint density at radius 2 is 1.57 bits per heavy atom. The van der Waals surface area contributed by atoms with Gasteiger partial charge in [0.15, 0.2) is 0 Å². The molecule has 0 atom stereocenters. The maximum atomic E-state index is 10.3. The molecule has 0 bridgehead atoms. The van der Waals surface area contributed by atoms with E-state index in [0.717, 1.165) is 15.4 Å². The van der Waals surface area contributed by atoms with E-state index >= 15 is 0 Å². The Labute approximate surface area is 130 Å². The SMILES string of the molecule is CC(C)(O)/C(=C/C#Cc1ccccc1)Sc1ccccc1. The fourth-order valence-electron chi connectivity index (χ4n) is 1.65. The molecule has 0 unspecified atom stereocenters. The zero-order chi connectivity index (χ0) is 15.1. The zero-order valence-electron chi connectivity index (χ0n) is 12.2. The second-order valence-electron chi connectivity index (χ2n) is 5.12. The maximum Gasteiger partial charge on any atom is 0.0908 e. The van der Waals surface area contributed by atoms with E-state index in [1.807, 2.05) is 60.7 Å². The molecule has 0 aliphatic heterocycles. The van der Waals surface area contributed by atoms with Gasteiger partial charge in [0.05, 0.1) is 5.60 Å². The van der Waals surface area contributed by atoms with Crippen molar-refractivity contribution in [2.24, 2.45) is 0 Å². The van der Waals surface area contributed by atoms with Crippen LogP contribution < -0.4 is 0 Å². The van der Waals surface area contributed by atoms with Crippen molar-refractivity contribution in [1.29, 1.82) is 0 Å². The molecular weight excluding hydrogens is 276 g/mol. The van der Waals surface area contributed by atoms with Crippen molar-refractivity contribution in [3.63, 3.8) is 0 Å². The molecule has 0 heterocycles. The van der Waals surface area contributed by atoms with Gasteiger partial charge < -0.3 is 5.11 Å². The summed E-state index contributed by atoms with van der Waals surface area (Å²) in [6, 6.07) is 19.8. The van der Waals surface area contributed by atoms with E-state index in [9.17, 15) is 5.11 Å². The van der Waals surface area contributed by atoms with Crippen molar-refractivity contribution >= 4 is 11.8 Å². The van der Waals surface area contributed by atoms with E-state index in [1.54, 1.807) is 19.9 Å². The highest BCUT2D eigenvalue weighted by molar-refractivity contribution is 8.03. The van der Waals surface area contributed by atoms with Crippen molar-refractivity contribution in [3.8, 4) is 11.8 Å². The molecular formula is C19H18OS. The van der Waals surface area contributed by atoms with Gasteiger partial charge in [0.1, 0.15) is 0 Å². The quantitative estimate of drug-likeness (QED) is 0.665. The molecule has 1 N–H and O–H groups in total. The highest BCUT2D eigenvalue weighted by Crippen LogP contribution is 2.33. The lowest BCUT2D eigenvalue weighted by Gasteiger charge is -2.20. The first-order valence-electron chi connectivity index (χ1n) is 6.78. The Morgan fingerprint density at radius 1 is 1.00 bits per heavy atom. The summed E-state index contributed by atoms with van der Waals surface area (Å²) in [4.78, 5) is 1.92. The predicted molar refractivity (Wildman–Crippen MR) is 90.0 cm³/mol. The van der Waals surface area contributed by atoms with Gasteiger partial charge in [-0.3, -0.25) is 0 Å². The summed E-state index contributed by atoms with van der Waals surface area (Å²) in [6.07, 6.45) is 1.80. The first kappa shape index (κ1) is 15.4. The van der Waals surface area contributed by atoms with E-state index in [0.29, 0.717) is 0 Å². The molecule has 0 fully saturated rings. The van der Waals surface area contributed by atoms with Crippen LogP contribution in [0.2, 0.25) is 0 Å². The highest BCUT2D eigenvalue weighted by atomic mass is 32.2. The van der Waals surface area contributed by atoms with Crippen molar-refractivity contribution < 1.29 is 5.11 Å². The molecule has 21 heavy (non-hydrogen) atoms. The van der Waals surface area contributed by atoms with Crippen molar-refractivity contribution in [1.82, 2.24) is 0 Å². The Kier molecular flexibility index (Phi) is 5.27. The largest absolute Gasteiger partial charge is 0.385 e. The van der Waals surface area contributed by atoms with Gasteiger partial charge in [-0.25, -0.2) is 0 Å². The average molecular weight is 294 g/mol. The van der Waals surface area contributed by atoms with Crippen LogP contribution in [-0.2, 0) is 0 Å². The third-order valence-corrected chi connectivity index (χ3v) is 4.11. The van der Waals surface area contributed by atoms with Crippen molar-refractivity contribution in [2.45, 2.75) is 24.3 Å². The van der Waals surface area contributed by atoms with Crippen LogP contribution in [0.15, 0.2) is 76.5 Å². The smallest absolute Gasteiger partial charge is 0.0908 e. The summed E-state index contributed by atoms with van der Waals surface area (Å²) < 4.78 is 0. The van der Waals surface area contributed by atoms with E-state index in [2.05, 4.69) is 11.8 Å². The standard InChI is InChI=1S/C19H18OS/c1-19(2,20)18(21-17-13-7-4-8-14-17)15-9-12-16-10-5-3-6-11-16/h3-8,10-11,13-15,20H,1-2H3/b18-15-. The molecule has 2 heteroatoms. The molecule has 0 saturated carbocycles. The van der Waals surface area contributed by atoms with Crippen molar-refractivity contribution in [3.05, 3.63) is 77.2 Å². The number of benzene rings is 2. The number of rotatable bonds is 3. The third-order valence-electron chi connectivity index (χ3n) is 2.77. The molecule has 0 aromatic heterocycles. The lowest BCUT2D eigenvalue weighted by Crippen LogP contribution is -2.19. The van der Waals surface area contributed by atoms with Crippen LogP contribution in [0.5, 0.6) is 0 Å². The second kappa shape index (κ2) is 7.17. The minimum absolute atomic E-state index is 0.831. The number of hydrogen-bond acceptors (Lipinski definition) is 2. The Balaban J connectivity index is 2.21. The molecule has 2 aromatic carbocycles. The van der Waals surface area contributed by atoms with Gasteiger partial charge in [-0.2, -0.15) is 0 Å². The van der Waals surface area contributed by atoms with E-state index < -0.39 is 5.60 Å². The van der Waals surface area contributed by atoms with Gasteiger partial charge in [-0.05, 0) is 38.1 Å². The molecule has 106 valence electrons. The summed E-state index contributed by atoms with van der Waals surface area (Å²) in [7, 11) is 0. The minimum atomic E-state index is -0.911. The van der Waals surface area contributed by atoms with E-state index in [-0.39, 0.29) is 0 Å². The number of allylic oxidation sites excluding steroid dienone is 1. The third kappa shape index (κ3) is 5.15. The Bertz CT molecular complexity index is 655. The summed E-state index contributed by atoms with van der Waals surface area (Å²) in [5, 5.41) is 10.3. The first-order valence-corrected chi connectivity index (χ1v) is 7.60. The lowest BCUT2D eigenvalue weighted by molar-refractivity contribution is 0.129. The summed E-state index contributed by atoms with van der Waals surface area (Å²) in [5.41, 5.74) is 0.0554. The van der Waals surface area contributed by atoms with Crippen LogP contribution in [0.1, 0.15) is 19.4 Å². The second-order valence-corrected chi connectivity index (χ2v) is 6.23. The highest BCUT2D eigenvalue weighted by Gasteiger charge is 2.20. The van der Waals surface area contributed by atoms with Crippen LogP contribution in [0, 0.1) is 11.8 Å². The summed E-state index contributed by atoms with van der Waals surface area (Å²) in [6.45, 7) is 3.55. The topological polar surface area (TPSA) is 20.2 Å². The maximum absolute atomic E-state index is 10.3. The van der Waals surface area contributed by atoms with E-state index in [1.165, 1.54) is 11.8 Å². The van der Waals surface area contributed by atoms with Crippen LogP contribution in [0.4, 0.5) is 0 Å². The van der Waals surface area contributed by atoms with Gasteiger partial charge in [0.2, 0.25) is 0 Å². The molecule has 0 spiro atoms. The van der Waals surface area contributed by atoms with Crippen LogP contribution in [0.25, 0.3) is 0 Å². The van der Waals surface area contributed by atoms with Gasteiger partial charge in [-0.1, -0.05) is 60.0 Å². The minimum Gasteiger partial charge on any atom is -0.385 e. The summed E-state index contributed by atoms with van der Waals surface area (Å²) >= 11 is 1.54. The molecule has 2 aromatic rings. The molecule has 2 rings (SSSR count). The van der Waals surface area contributed by atoms with Crippen LogP contribution >= 0.6 is 11.8 Å². The lowest BCUT2D eigenvalue weighted by atomic mass is 10.1. The fraction of sp³-hybridized carbons (Fsp3) is 0.158. The van der Waals surface area contributed by atoms with E-state index in [4.69, 9.17) is 0 Å². The molecule has 0 aliphatic rings.